The molecular weight excluding hydrogens is 360 g/mol. The average molecular weight is 392 g/mol. The fraction of sp³-hybridized carbons (Fsp3) is 0.818. The van der Waals surface area contributed by atoms with E-state index in [2.05, 4.69) is 13.5 Å². The molecule has 4 aliphatic rings. The van der Waals surface area contributed by atoms with Crippen LogP contribution in [0.3, 0.4) is 0 Å². The fourth-order valence-corrected chi connectivity index (χ4v) is 7.87. The van der Waals surface area contributed by atoms with Crippen LogP contribution >= 0.6 is 0 Å². The van der Waals surface area contributed by atoms with E-state index >= 15 is 0 Å². The highest BCUT2D eigenvalue weighted by atomic mass is 16.5. The third-order valence-corrected chi connectivity index (χ3v) is 8.97. The smallest absolute Gasteiger partial charge is 0.303 e. The van der Waals surface area contributed by atoms with Gasteiger partial charge < -0.3 is 24.9 Å². The molecule has 0 heterocycles. The van der Waals surface area contributed by atoms with Crippen LogP contribution in [0.5, 0.6) is 0 Å². The van der Waals surface area contributed by atoms with Gasteiger partial charge in [-0.3, -0.25) is 4.79 Å². The van der Waals surface area contributed by atoms with Crippen molar-refractivity contribution in [2.24, 2.45) is 34.0 Å². The van der Waals surface area contributed by atoms with E-state index in [0.29, 0.717) is 18.4 Å². The number of aliphatic hydroxyl groups is 3. The number of aldehydes is 1. The molecule has 0 saturated heterocycles. The van der Waals surface area contributed by atoms with Gasteiger partial charge in [0.25, 0.3) is 0 Å². The van der Waals surface area contributed by atoms with E-state index in [0.717, 1.165) is 25.5 Å². The molecule has 0 amide bonds. The predicted molar refractivity (Wildman–Crippen MR) is 101 cm³/mol. The zero-order chi connectivity index (χ0) is 20.6. The average Bonchev–Trinajstić information content (AvgIpc) is 2.75. The Morgan fingerprint density at radius 3 is 2.46 bits per heavy atom. The van der Waals surface area contributed by atoms with Crippen molar-refractivity contribution in [2.75, 3.05) is 0 Å². The van der Waals surface area contributed by atoms with Crippen LogP contribution in [-0.4, -0.2) is 52.0 Å². The second kappa shape index (κ2) is 6.13. The molecule has 1 spiro atoms. The van der Waals surface area contributed by atoms with E-state index < -0.39 is 47.1 Å². The molecule has 0 aromatic heterocycles. The molecule has 6 nitrogen and oxygen atoms in total. The molecule has 1 unspecified atom stereocenters. The second-order valence-electron chi connectivity index (χ2n) is 10.2. The normalized spacial score (nSPS) is 55.2. The van der Waals surface area contributed by atoms with E-state index in [4.69, 9.17) is 4.74 Å². The number of esters is 1. The molecule has 0 aliphatic heterocycles. The number of rotatable bonds is 2. The van der Waals surface area contributed by atoms with Crippen LogP contribution < -0.4 is 0 Å². The van der Waals surface area contributed by atoms with Crippen molar-refractivity contribution in [3.05, 3.63) is 12.2 Å². The maximum atomic E-state index is 12.0. The van der Waals surface area contributed by atoms with Crippen LogP contribution in [0.2, 0.25) is 0 Å². The molecule has 0 aromatic carbocycles. The first-order chi connectivity index (χ1) is 13.0. The van der Waals surface area contributed by atoms with Gasteiger partial charge in [0.05, 0.1) is 23.7 Å². The summed E-state index contributed by atoms with van der Waals surface area (Å²) in [6, 6.07) is 0. The van der Waals surface area contributed by atoms with Crippen molar-refractivity contribution in [2.45, 2.75) is 77.3 Å². The van der Waals surface area contributed by atoms with Crippen molar-refractivity contribution < 1.29 is 29.6 Å². The third-order valence-electron chi connectivity index (χ3n) is 8.97. The minimum atomic E-state index is -1.08. The highest BCUT2D eigenvalue weighted by Crippen LogP contribution is 2.72. The molecule has 156 valence electrons. The lowest BCUT2D eigenvalue weighted by molar-refractivity contribution is -0.263. The van der Waals surface area contributed by atoms with Crippen molar-refractivity contribution in [1.29, 1.82) is 0 Å². The Morgan fingerprint density at radius 1 is 1.18 bits per heavy atom. The van der Waals surface area contributed by atoms with Gasteiger partial charge in [0.1, 0.15) is 12.4 Å². The lowest BCUT2D eigenvalue weighted by Gasteiger charge is -2.66. The Bertz CT molecular complexity index is 720. The van der Waals surface area contributed by atoms with Crippen LogP contribution in [-0.2, 0) is 14.3 Å². The molecule has 4 aliphatic carbocycles. The number of carbonyl (C=O) groups is 2. The topological polar surface area (TPSA) is 104 Å². The summed E-state index contributed by atoms with van der Waals surface area (Å²) in [6.45, 7) is 9.46. The third kappa shape index (κ3) is 2.20. The summed E-state index contributed by atoms with van der Waals surface area (Å²) >= 11 is 0. The summed E-state index contributed by atoms with van der Waals surface area (Å²) in [5.41, 5.74) is -1.50. The number of hydrogen-bond acceptors (Lipinski definition) is 6. The molecule has 4 rings (SSSR count). The van der Waals surface area contributed by atoms with E-state index in [1.165, 1.54) is 6.92 Å². The van der Waals surface area contributed by atoms with Crippen LogP contribution in [0, 0.1) is 34.0 Å². The minimum absolute atomic E-state index is 0.0559. The Morgan fingerprint density at radius 2 is 1.86 bits per heavy atom. The van der Waals surface area contributed by atoms with E-state index in [1.807, 2.05) is 6.92 Å². The van der Waals surface area contributed by atoms with Crippen LogP contribution in [0.4, 0.5) is 0 Å². The van der Waals surface area contributed by atoms with Gasteiger partial charge in [0, 0.05) is 18.3 Å². The first kappa shape index (κ1) is 20.0. The van der Waals surface area contributed by atoms with Gasteiger partial charge in [0.15, 0.2) is 0 Å². The monoisotopic (exact) mass is 392 g/mol. The van der Waals surface area contributed by atoms with Crippen LogP contribution in [0.25, 0.3) is 0 Å². The minimum Gasteiger partial charge on any atom is -0.457 e. The summed E-state index contributed by atoms with van der Waals surface area (Å²) in [7, 11) is 0. The molecule has 4 fully saturated rings. The van der Waals surface area contributed by atoms with Gasteiger partial charge in [-0.1, -0.05) is 26.8 Å². The molecule has 3 N–H and O–H groups in total. The quantitative estimate of drug-likeness (QED) is 0.375. The van der Waals surface area contributed by atoms with E-state index in [1.54, 1.807) is 0 Å². The maximum absolute atomic E-state index is 12.0. The Balaban J connectivity index is 1.89. The maximum Gasteiger partial charge on any atom is 0.303 e. The first-order valence-electron chi connectivity index (χ1n) is 10.4. The highest BCUT2D eigenvalue weighted by molar-refractivity contribution is 5.67. The molecule has 0 radical (unpaired) electrons. The zero-order valence-corrected chi connectivity index (χ0v) is 16.9. The molecule has 6 heteroatoms. The number of carbonyl (C=O) groups excluding carboxylic acids is 2. The Labute approximate surface area is 166 Å². The Hall–Kier alpha value is -1.24. The standard InChI is InChI=1S/C22H32O6/c1-11-17-13(25)8-15-21(4)7-5-6-20(3,10-23)14(21)9-16(26)22(15,18(17)27)19(11)28-12(2)24/h10,13-19,25-27H,1,5-9H2,2-4H3/t13-,14+,15-,16+,17?,18+,19+,20+,21+,22-/m0/s1. The number of hydrogen-bond donors (Lipinski definition) is 3. The fourth-order valence-electron chi connectivity index (χ4n) is 7.87. The number of aliphatic hydroxyl groups excluding tert-OH is 3. The van der Waals surface area contributed by atoms with Gasteiger partial charge in [-0.25, -0.2) is 0 Å². The van der Waals surface area contributed by atoms with Gasteiger partial charge in [-0.15, -0.1) is 0 Å². The molecular formula is C22H32O6. The summed E-state index contributed by atoms with van der Waals surface area (Å²) in [5.74, 6) is -1.44. The molecule has 4 saturated carbocycles. The molecule has 2 bridgehead atoms. The zero-order valence-electron chi connectivity index (χ0n) is 16.9. The van der Waals surface area contributed by atoms with Gasteiger partial charge in [0.2, 0.25) is 0 Å². The Kier molecular flexibility index (Phi) is 4.39. The number of fused-ring (bicyclic) bond motifs is 3. The summed E-state index contributed by atoms with van der Waals surface area (Å²) < 4.78 is 5.65. The predicted octanol–water partition coefficient (Wildman–Crippen LogP) is 1.61. The molecule has 28 heavy (non-hydrogen) atoms. The van der Waals surface area contributed by atoms with E-state index in [-0.39, 0.29) is 17.3 Å². The van der Waals surface area contributed by atoms with E-state index in [9.17, 15) is 24.9 Å². The van der Waals surface area contributed by atoms with Gasteiger partial charge in [-0.2, -0.15) is 0 Å². The SMILES string of the molecule is C=C1C2[C@@H](O)[C@]3([C@H](O)C[C@H]4[C@@](C)(CCC[C@]4(C)C=O)[C@@H]3C[C@@H]2O)[C@@H]1OC(C)=O. The summed E-state index contributed by atoms with van der Waals surface area (Å²) in [4.78, 5) is 23.9. The first-order valence-corrected chi connectivity index (χ1v) is 10.4. The van der Waals surface area contributed by atoms with Crippen LogP contribution in [0.15, 0.2) is 12.2 Å². The molecule has 10 atom stereocenters. The largest absolute Gasteiger partial charge is 0.457 e. The highest BCUT2D eigenvalue weighted by Gasteiger charge is 2.76. The van der Waals surface area contributed by atoms with Gasteiger partial charge in [-0.05, 0) is 48.5 Å². The molecule has 0 aromatic rings. The van der Waals surface area contributed by atoms with Crippen molar-refractivity contribution >= 4 is 12.3 Å². The van der Waals surface area contributed by atoms with Crippen molar-refractivity contribution in [1.82, 2.24) is 0 Å². The summed E-state index contributed by atoms with van der Waals surface area (Å²) in [5, 5.41) is 33.7. The van der Waals surface area contributed by atoms with Crippen LogP contribution in [0.1, 0.15) is 52.9 Å². The lowest BCUT2D eigenvalue weighted by Crippen LogP contribution is -2.69. The van der Waals surface area contributed by atoms with Gasteiger partial charge >= 0.3 is 5.97 Å². The van der Waals surface area contributed by atoms with Crippen molar-refractivity contribution in [3.8, 4) is 0 Å². The second-order valence-corrected chi connectivity index (χ2v) is 10.2. The van der Waals surface area contributed by atoms with Crippen molar-refractivity contribution in [3.63, 3.8) is 0 Å². The summed E-state index contributed by atoms with van der Waals surface area (Å²) in [6.07, 6.45) is 0.676. The number of ether oxygens (including phenoxy) is 1. The lowest BCUT2D eigenvalue weighted by atomic mass is 9.39.